The predicted octanol–water partition coefficient (Wildman–Crippen LogP) is 5.40. The van der Waals surface area contributed by atoms with Gasteiger partial charge in [-0.3, -0.25) is 4.79 Å². The van der Waals surface area contributed by atoms with E-state index in [-0.39, 0.29) is 30.5 Å². The Kier molecular flexibility index (Phi) is 7.17. The van der Waals surface area contributed by atoms with E-state index in [1.807, 2.05) is 13.0 Å². The molecule has 0 saturated heterocycles. The Morgan fingerprint density at radius 3 is 2.58 bits per heavy atom. The van der Waals surface area contributed by atoms with Gasteiger partial charge in [0.1, 0.15) is 17.5 Å². The molecule has 2 saturated carbocycles. The zero-order valence-corrected chi connectivity index (χ0v) is 20.3. The summed E-state index contributed by atoms with van der Waals surface area (Å²) in [6, 6.07) is 3.68. The molecule has 7 heteroatoms. The maximum absolute atomic E-state index is 14.4. The number of amides is 1. The highest BCUT2D eigenvalue weighted by atomic mass is 19.1. The molecule has 0 spiro atoms. The average Bonchev–Trinajstić information content (AvgIpc) is 3.45. The molecule has 1 amide bonds. The van der Waals surface area contributed by atoms with Crippen molar-refractivity contribution < 1.29 is 14.3 Å². The fraction of sp³-hybridized carbons (Fsp3) is 0.654. The Balaban J connectivity index is 1.50. The van der Waals surface area contributed by atoms with Gasteiger partial charge in [0.15, 0.2) is 0 Å². The molecule has 1 aromatic carbocycles. The van der Waals surface area contributed by atoms with Gasteiger partial charge in [0.05, 0.1) is 5.69 Å². The van der Waals surface area contributed by atoms with Crippen LogP contribution < -0.4 is 5.32 Å². The molecule has 1 atom stereocenters. The van der Waals surface area contributed by atoms with Crippen molar-refractivity contribution in [2.45, 2.75) is 90.5 Å². The zero-order chi connectivity index (χ0) is 23.7. The highest BCUT2D eigenvalue weighted by molar-refractivity contribution is 5.92. The minimum absolute atomic E-state index is 0.0391. The monoisotopic (exact) mass is 456 g/mol. The Hall–Kier alpha value is -2.28. The number of anilines is 1. The van der Waals surface area contributed by atoms with Crippen LogP contribution in [0.3, 0.4) is 0 Å². The lowest BCUT2D eigenvalue weighted by molar-refractivity contribution is -0.116. The summed E-state index contributed by atoms with van der Waals surface area (Å²) in [4.78, 5) is 12.9. The third-order valence-electron chi connectivity index (χ3n) is 7.04. The van der Waals surface area contributed by atoms with E-state index in [4.69, 9.17) is 0 Å². The van der Waals surface area contributed by atoms with Gasteiger partial charge >= 0.3 is 0 Å². The summed E-state index contributed by atoms with van der Waals surface area (Å²) in [5.41, 5.74) is 1.74. The van der Waals surface area contributed by atoms with Crippen molar-refractivity contribution in [2.24, 2.45) is 11.8 Å². The molecule has 4 rings (SSSR count). The van der Waals surface area contributed by atoms with Crippen LogP contribution in [0.5, 0.6) is 0 Å². The van der Waals surface area contributed by atoms with E-state index in [1.165, 1.54) is 12.5 Å². The number of carbonyl (C=O) groups excluding carboxylic acids is 1. The second-order valence-corrected chi connectivity index (χ2v) is 10.6. The standard InChI is InChI=1S/C26H37FN4O2/c1-15(2)9-18-12-20(13-18)26-30-29-25(31(26)21-5-6-21)19(7-8-32)14-23(33)28-24-17(4)10-16(3)11-22(24)27/h10-11,15,18-21,32H,5-9,12-14H2,1-4H3,(H,28,33)/t18?,19-,20?/m0/s1. The van der Waals surface area contributed by atoms with Crippen molar-refractivity contribution in [1.82, 2.24) is 14.8 Å². The number of rotatable bonds is 10. The maximum Gasteiger partial charge on any atom is 0.225 e. The highest BCUT2D eigenvalue weighted by Gasteiger charge is 2.39. The molecule has 2 N–H and O–H groups in total. The van der Waals surface area contributed by atoms with Crippen molar-refractivity contribution in [2.75, 3.05) is 11.9 Å². The van der Waals surface area contributed by atoms with Crippen LogP contribution in [-0.4, -0.2) is 32.4 Å². The van der Waals surface area contributed by atoms with Crippen LogP contribution >= 0.6 is 0 Å². The first-order chi connectivity index (χ1) is 15.8. The fourth-order valence-corrected chi connectivity index (χ4v) is 5.35. The Morgan fingerprint density at radius 2 is 1.97 bits per heavy atom. The van der Waals surface area contributed by atoms with Crippen LogP contribution in [0.1, 0.15) is 99.4 Å². The summed E-state index contributed by atoms with van der Waals surface area (Å²) in [5, 5.41) is 21.6. The van der Waals surface area contributed by atoms with Gasteiger partial charge in [-0.1, -0.05) is 19.9 Å². The molecule has 0 unspecified atom stereocenters. The summed E-state index contributed by atoms with van der Waals surface area (Å²) < 4.78 is 16.7. The Bertz CT molecular complexity index is 969. The lowest BCUT2D eigenvalue weighted by Gasteiger charge is -2.36. The van der Waals surface area contributed by atoms with Crippen molar-refractivity contribution >= 4 is 11.6 Å². The quantitative estimate of drug-likeness (QED) is 0.501. The van der Waals surface area contributed by atoms with Crippen molar-refractivity contribution in [3.05, 3.63) is 40.7 Å². The number of nitrogens with zero attached hydrogens (tertiary/aromatic N) is 3. The molecule has 2 fully saturated rings. The molecule has 1 aromatic heterocycles. The van der Waals surface area contributed by atoms with Gasteiger partial charge in [-0.15, -0.1) is 10.2 Å². The first-order valence-electron chi connectivity index (χ1n) is 12.4. The van der Waals surface area contributed by atoms with Gasteiger partial charge in [-0.2, -0.15) is 0 Å². The summed E-state index contributed by atoms with van der Waals surface area (Å²) in [6.07, 6.45) is 6.33. The fourth-order valence-electron chi connectivity index (χ4n) is 5.35. The number of benzene rings is 1. The molecule has 2 aliphatic rings. The molecule has 6 nitrogen and oxygen atoms in total. The molecule has 0 aliphatic heterocycles. The second kappa shape index (κ2) is 9.92. The number of aliphatic hydroxyl groups excluding tert-OH is 1. The Labute approximate surface area is 196 Å². The number of hydrogen-bond acceptors (Lipinski definition) is 4. The van der Waals surface area contributed by atoms with Gasteiger partial charge in [0.2, 0.25) is 5.91 Å². The SMILES string of the molecule is Cc1cc(C)c(NC(=O)C[C@H](CCO)c2nnc(C3CC(CC(C)C)C3)n2C2CC2)c(F)c1. The van der Waals surface area contributed by atoms with Gasteiger partial charge in [-0.05, 0) is 81.4 Å². The van der Waals surface area contributed by atoms with Crippen LogP contribution in [0.2, 0.25) is 0 Å². The number of aliphatic hydroxyl groups is 1. The van der Waals surface area contributed by atoms with Gasteiger partial charge in [0, 0.05) is 30.9 Å². The number of aromatic nitrogens is 3. The number of aryl methyl sites for hydroxylation is 2. The first-order valence-corrected chi connectivity index (χ1v) is 12.4. The van der Waals surface area contributed by atoms with E-state index in [1.54, 1.807) is 6.92 Å². The summed E-state index contributed by atoms with van der Waals surface area (Å²) >= 11 is 0. The largest absolute Gasteiger partial charge is 0.396 e. The molecule has 1 heterocycles. The maximum atomic E-state index is 14.4. The van der Waals surface area contributed by atoms with E-state index >= 15 is 0 Å². The molecular weight excluding hydrogens is 419 g/mol. The zero-order valence-electron chi connectivity index (χ0n) is 20.3. The molecule has 2 aliphatic carbocycles. The lowest BCUT2D eigenvalue weighted by Crippen LogP contribution is -2.26. The Morgan fingerprint density at radius 1 is 1.24 bits per heavy atom. The molecule has 2 aromatic rings. The second-order valence-electron chi connectivity index (χ2n) is 10.6. The average molecular weight is 457 g/mol. The van der Waals surface area contributed by atoms with Crippen LogP contribution in [0.25, 0.3) is 0 Å². The van der Waals surface area contributed by atoms with E-state index in [0.29, 0.717) is 29.9 Å². The molecule has 180 valence electrons. The van der Waals surface area contributed by atoms with Gasteiger partial charge in [-0.25, -0.2) is 4.39 Å². The van der Waals surface area contributed by atoms with Crippen molar-refractivity contribution in [3.63, 3.8) is 0 Å². The summed E-state index contributed by atoms with van der Waals surface area (Å²) in [7, 11) is 0. The third-order valence-corrected chi connectivity index (χ3v) is 7.04. The lowest BCUT2D eigenvalue weighted by atomic mass is 9.71. The van der Waals surface area contributed by atoms with E-state index < -0.39 is 5.82 Å². The van der Waals surface area contributed by atoms with Crippen molar-refractivity contribution in [1.29, 1.82) is 0 Å². The minimum Gasteiger partial charge on any atom is -0.396 e. The van der Waals surface area contributed by atoms with Crippen LogP contribution in [-0.2, 0) is 4.79 Å². The smallest absolute Gasteiger partial charge is 0.225 e. The molecule has 0 bridgehead atoms. The predicted molar refractivity (Wildman–Crippen MR) is 127 cm³/mol. The third kappa shape index (κ3) is 5.45. The number of nitrogens with one attached hydrogen (secondary N) is 1. The molecular formula is C26H37FN4O2. The van der Waals surface area contributed by atoms with Crippen LogP contribution in [0.4, 0.5) is 10.1 Å². The van der Waals surface area contributed by atoms with Gasteiger partial charge in [0.25, 0.3) is 0 Å². The van der Waals surface area contributed by atoms with Crippen molar-refractivity contribution in [3.8, 4) is 0 Å². The molecule has 33 heavy (non-hydrogen) atoms. The molecule has 0 radical (unpaired) electrons. The first kappa shape index (κ1) is 23.9. The van der Waals surface area contributed by atoms with Crippen LogP contribution in [0, 0.1) is 31.5 Å². The minimum atomic E-state index is -0.427. The normalized spacial score (nSPS) is 21.2. The highest BCUT2D eigenvalue weighted by Crippen LogP contribution is 2.48. The van der Waals surface area contributed by atoms with E-state index in [9.17, 15) is 14.3 Å². The van der Waals surface area contributed by atoms with Gasteiger partial charge < -0.3 is 15.0 Å². The van der Waals surface area contributed by atoms with Crippen LogP contribution in [0.15, 0.2) is 12.1 Å². The topological polar surface area (TPSA) is 80.0 Å². The summed E-state index contributed by atoms with van der Waals surface area (Å²) in [5.74, 6) is 2.80. The summed E-state index contributed by atoms with van der Waals surface area (Å²) in [6.45, 7) is 8.12. The number of halogens is 1. The number of hydrogen-bond donors (Lipinski definition) is 2. The van der Waals surface area contributed by atoms with E-state index in [0.717, 1.165) is 48.8 Å². The van der Waals surface area contributed by atoms with E-state index in [2.05, 4.69) is 33.9 Å². The number of carbonyl (C=O) groups is 1.